The predicted octanol–water partition coefficient (Wildman–Crippen LogP) is 4.80. The Hall–Kier alpha value is -1.76. The smallest absolute Gasteiger partial charge is 0.416 e. The van der Waals surface area contributed by atoms with Gasteiger partial charge in [0.15, 0.2) is 0 Å². The highest BCUT2D eigenvalue weighted by Gasteiger charge is 2.33. The van der Waals surface area contributed by atoms with Crippen LogP contribution in [0.15, 0.2) is 24.3 Å². The molecule has 0 saturated carbocycles. The molecule has 0 spiro atoms. The first kappa shape index (κ1) is 23.3. The molecule has 4 nitrogen and oxygen atoms in total. The summed E-state index contributed by atoms with van der Waals surface area (Å²) >= 11 is 0. The lowest BCUT2D eigenvalue weighted by Crippen LogP contribution is -2.44. The standard InChI is InChI=1S/C20H30F3NO3/c1-6-14(7-2)18(13(5)26-19(25)17(24)12(3)4)27-16-10-8-15(9-11-16)20(21,22)23/h8-14,17-18H,6-7,24H2,1-5H3/t13-,17-,18-/m0/s1. The van der Waals surface area contributed by atoms with Crippen molar-refractivity contribution in [3.63, 3.8) is 0 Å². The summed E-state index contributed by atoms with van der Waals surface area (Å²) in [4.78, 5) is 12.2. The molecule has 0 aromatic heterocycles. The minimum Gasteiger partial charge on any atom is -0.486 e. The molecule has 0 unspecified atom stereocenters. The van der Waals surface area contributed by atoms with Gasteiger partial charge in [0.1, 0.15) is 24.0 Å². The molecule has 0 bridgehead atoms. The number of nitrogens with two attached hydrogens (primary N) is 1. The van der Waals surface area contributed by atoms with Crippen molar-refractivity contribution in [2.75, 3.05) is 0 Å². The van der Waals surface area contributed by atoms with Crippen molar-refractivity contribution in [1.82, 2.24) is 0 Å². The molecular formula is C20H30F3NO3. The molecular weight excluding hydrogens is 359 g/mol. The Morgan fingerprint density at radius 2 is 1.59 bits per heavy atom. The molecule has 0 saturated heterocycles. The third kappa shape index (κ3) is 6.72. The first-order valence-electron chi connectivity index (χ1n) is 9.31. The lowest BCUT2D eigenvalue weighted by molar-refractivity contribution is -0.157. The summed E-state index contributed by atoms with van der Waals surface area (Å²) in [6.45, 7) is 9.36. The predicted molar refractivity (Wildman–Crippen MR) is 98.3 cm³/mol. The molecule has 154 valence electrons. The summed E-state index contributed by atoms with van der Waals surface area (Å²) in [5, 5.41) is 0. The van der Waals surface area contributed by atoms with Gasteiger partial charge < -0.3 is 15.2 Å². The number of rotatable bonds is 9. The molecule has 2 N–H and O–H groups in total. The number of hydrogen-bond donors (Lipinski definition) is 1. The van der Waals surface area contributed by atoms with Gasteiger partial charge >= 0.3 is 12.1 Å². The van der Waals surface area contributed by atoms with Gasteiger partial charge in [-0.1, -0.05) is 27.7 Å². The van der Waals surface area contributed by atoms with Gasteiger partial charge in [-0.25, -0.2) is 0 Å². The minimum absolute atomic E-state index is 0.0628. The Balaban J connectivity index is 2.96. The van der Waals surface area contributed by atoms with E-state index in [4.69, 9.17) is 15.2 Å². The van der Waals surface area contributed by atoms with Gasteiger partial charge in [0.05, 0.1) is 5.56 Å². The fourth-order valence-electron chi connectivity index (χ4n) is 2.81. The van der Waals surface area contributed by atoms with Crippen LogP contribution in [0.4, 0.5) is 13.2 Å². The van der Waals surface area contributed by atoms with E-state index in [1.807, 2.05) is 27.7 Å². The molecule has 1 aromatic rings. The molecule has 0 amide bonds. The zero-order chi connectivity index (χ0) is 20.8. The number of ether oxygens (including phenoxy) is 2. The highest BCUT2D eigenvalue weighted by atomic mass is 19.4. The van der Waals surface area contributed by atoms with Crippen molar-refractivity contribution in [3.05, 3.63) is 29.8 Å². The van der Waals surface area contributed by atoms with Crippen molar-refractivity contribution in [1.29, 1.82) is 0 Å². The monoisotopic (exact) mass is 389 g/mol. The summed E-state index contributed by atoms with van der Waals surface area (Å²) < 4.78 is 49.6. The van der Waals surface area contributed by atoms with E-state index in [0.29, 0.717) is 5.75 Å². The molecule has 3 atom stereocenters. The number of hydrogen-bond acceptors (Lipinski definition) is 4. The Bertz CT molecular complexity index is 583. The lowest BCUT2D eigenvalue weighted by Gasteiger charge is -2.32. The van der Waals surface area contributed by atoms with Crippen molar-refractivity contribution in [3.8, 4) is 5.75 Å². The van der Waals surface area contributed by atoms with Gasteiger partial charge in [0.25, 0.3) is 0 Å². The van der Waals surface area contributed by atoms with Gasteiger partial charge in [-0.05, 0) is 55.9 Å². The van der Waals surface area contributed by atoms with E-state index in [0.717, 1.165) is 25.0 Å². The van der Waals surface area contributed by atoms with Crippen molar-refractivity contribution < 1.29 is 27.4 Å². The van der Waals surface area contributed by atoms with E-state index in [2.05, 4.69) is 0 Å². The molecule has 7 heteroatoms. The molecule has 0 radical (unpaired) electrons. The largest absolute Gasteiger partial charge is 0.486 e. The summed E-state index contributed by atoms with van der Waals surface area (Å²) in [6, 6.07) is 3.79. The van der Waals surface area contributed by atoms with E-state index in [9.17, 15) is 18.0 Å². The normalized spacial score (nSPS) is 15.5. The zero-order valence-electron chi connectivity index (χ0n) is 16.5. The van der Waals surface area contributed by atoms with Crippen LogP contribution in [0.25, 0.3) is 0 Å². The van der Waals surface area contributed by atoms with Gasteiger partial charge in [0.2, 0.25) is 0 Å². The Labute approximate surface area is 159 Å². The van der Waals surface area contributed by atoms with E-state index < -0.39 is 36.0 Å². The number of esters is 1. The third-order valence-corrected chi connectivity index (χ3v) is 4.72. The maximum absolute atomic E-state index is 12.7. The van der Waals surface area contributed by atoms with Crippen LogP contribution in [0, 0.1) is 11.8 Å². The average Bonchev–Trinajstić information content (AvgIpc) is 2.60. The minimum atomic E-state index is -4.40. The second kappa shape index (κ2) is 9.97. The molecule has 0 aliphatic heterocycles. The van der Waals surface area contributed by atoms with Gasteiger partial charge in [-0.2, -0.15) is 13.2 Å². The second-order valence-electron chi connectivity index (χ2n) is 7.09. The first-order chi connectivity index (χ1) is 12.5. The second-order valence-corrected chi connectivity index (χ2v) is 7.09. The molecule has 0 aliphatic carbocycles. The van der Waals surface area contributed by atoms with Crippen LogP contribution in [0.1, 0.15) is 53.0 Å². The van der Waals surface area contributed by atoms with E-state index in [1.54, 1.807) is 6.92 Å². The number of carbonyl (C=O) groups excluding carboxylic acids is 1. The fourth-order valence-corrected chi connectivity index (χ4v) is 2.81. The van der Waals surface area contributed by atoms with Crippen LogP contribution < -0.4 is 10.5 Å². The van der Waals surface area contributed by atoms with Crippen LogP contribution in [-0.2, 0) is 15.7 Å². The summed E-state index contributed by atoms with van der Waals surface area (Å²) in [7, 11) is 0. The van der Waals surface area contributed by atoms with Crippen molar-refractivity contribution >= 4 is 5.97 Å². The highest BCUT2D eigenvalue weighted by molar-refractivity contribution is 5.75. The van der Waals surface area contributed by atoms with Crippen molar-refractivity contribution in [2.45, 2.75) is 71.9 Å². The van der Waals surface area contributed by atoms with E-state index in [1.165, 1.54) is 12.1 Å². The molecule has 0 fully saturated rings. The summed E-state index contributed by atoms with van der Waals surface area (Å²) in [5.41, 5.74) is 5.10. The summed E-state index contributed by atoms with van der Waals surface area (Å²) in [5.74, 6) is -0.196. The number of halogens is 3. The zero-order valence-corrected chi connectivity index (χ0v) is 16.5. The van der Waals surface area contributed by atoms with Crippen LogP contribution >= 0.6 is 0 Å². The maximum atomic E-state index is 12.7. The van der Waals surface area contributed by atoms with Crippen molar-refractivity contribution in [2.24, 2.45) is 17.6 Å². The van der Waals surface area contributed by atoms with Gasteiger partial charge in [-0.15, -0.1) is 0 Å². The molecule has 0 aliphatic rings. The quantitative estimate of drug-likeness (QED) is 0.616. The molecule has 27 heavy (non-hydrogen) atoms. The average molecular weight is 389 g/mol. The topological polar surface area (TPSA) is 61.5 Å². The Kier molecular flexibility index (Phi) is 8.59. The van der Waals surface area contributed by atoms with E-state index in [-0.39, 0.29) is 11.8 Å². The maximum Gasteiger partial charge on any atom is 0.416 e. The molecule has 1 rings (SSSR count). The van der Waals surface area contributed by atoms with Crippen LogP contribution in [-0.4, -0.2) is 24.2 Å². The number of benzene rings is 1. The fraction of sp³-hybridized carbons (Fsp3) is 0.650. The SMILES string of the molecule is CCC(CC)[C@@H](Oc1ccc(C(F)(F)F)cc1)[C@H](C)OC(=O)[C@@H](N)C(C)C. The van der Waals surface area contributed by atoms with Gasteiger partial charge in [0, 0.05) is 0 Å². The van der Waals surface area contributed by atoms with E-state index >= 15 is 0 Å². The summed E-state index contributed by atoms with van der Waals surface area (Å²) in [6.07, 6.45) is -3.92. The van der Waals surface area contributed by atoms with Gasteiger partial charge in [-0.3, -0.25) is 4.79 Å². The number of carbonyl (C=O) groups is 1. The van der Waals surface area contributed by atoms with Crippen LogP contribution in [0.2, 0.25) is 0 Å². The van der Waals surface area contributed by atoms with Crippen LogP contribution in [0.3, 0.4) is 0 Å². The number of alkyl halides is 3. The lowest BCUT2D eigenvalue weighted by atomic mass is 9.93. The van der Waals surface area contributed by atoms with Crippen LogP contribution in [0.5, 0.6) is 5.75 Å². The molecule has 1 aromatic carbocycles. The highest BCUT2D eigenvalue weighted by Crippen LogP contribution is 2.31. The first-order valence-corrected chi connectivity index (χ1v) is 9.31. The Morgan fingerprint density at radius 3 is 2.00 bits per heavy atom. The third-order valence-electron chi connectivity index (χ3n) is 4.72. The molecule has 0 heterocycles. The Morgan fingerprint density at radius 1 is 1.07 bits per heavy atom.